The molecule has 2 aliphatic rings. The van der Waals surface area contributed by atoms with Crippen LogP contribution >= 0.6 is 0 Å². The van der Waals surface area contributed by atoms with E-state index in [9.17, 15) is 9.59 Å². The number of aromatic amines is 1. The van der Waals surface area contributed by atoms with Crippen LogP contribution in [0.4, 0.5) is 10.2 Å². The Hall–Kier alpha value is -3.63. The molecule has 3 aromatic heterocycles. The van der Waals surface area contributed by atoms with Gasteiger partial charge in [-0.2, -0.15) is 9.49 Å². The Labute approximate surface area is 214 Å². The molecule has 2 amide bonds. The number of aryl methyl sites for hydroxylation is 2. The first-order chi connectivity index (χ1) is 17.8. The second-order valence-electron chi connectivity index (χ2n) is 10.4. The molecule has 1 atom stereocenters. The van der Waals surface area contributed by atoms with Gasteiger partial charge in [-0.3, -0.25) is 14.7 Å². The molecule has 0 radical (unpaired) electrons. The maximum absolute atomic E-state index is 15.1. The number of amides is 2. The van der Waals surface area contributed by atoms with E-state index in [0.29, 0.717) is 35.1 Å². The van der Waals surface area contributed by atoms with Crippen molar-refractivity contribution in [2.24, 2.45) is 17.8 Å². The van der Waals surface area contributed by atoms with E-state index in [1.807, 2.05) is 27.7 Å². The molecule has 3 N–H and O–H groups in total. The normalized spacial score (nSPS) is 16.3. The second kappa shape index (κ2) is 10.0. The van der Waals surface area contributed by atoms with Crippen molar-refractivity contribution in [2.75, 3.05) is 5.32 Å². The average molecular weight is 509 g/mol. The Kier molecular flexibility index (Phi) is 6.78. The monoisotopic (exact) mass is 508 g/mol. The van der Waals surface area contributed by atoms with Crippen LogP contribution in [0, 0.1) is 30.6 Å². The summed E-state index contributed by atoms with van der Waals surface area (Å²) in [7, 11) is 0. The van der Waals surface area contributed by atoms with Gasteiger partial charge in [0.25, 0.3) is 5.91 Å². The number of aromatic nitrogens is 6. The number of hydrogen-bond donors (Lipinski definition) is 3. The Bertz CT molecular complexity index is 1300. The minimum Gasteiger partial charge on any atom is -0.339 e. The molecular formula is C26H33FN8O2. The summed E-state index contributed by atoms with van der Waals surface area (Å²) in [6.45, 7) is 7.60. The van der Waals surface area contributed by atoms with Crippen LogP contribution < -0.4 is 10.6 Å². The molecule has 10 nitrogen and oxygen atoms in total. The van der Waals surface area contributed by atoms with Crippen molar-refractivity contribution in [3.63, 3.8) is 0 Å². The van der Waals surface area contributed by atoms with Gasteiger partial charge in [0.1, 0.15) is 17.6 Å². The van der Waals surface area contributed by atoms with Crippen LogP contribution in [-0.4, -0.2) is 48.0 Å². The number of H-pyrrole nitrogens is 1. The summed E-state index contributed by atoms with van der Waals surface area (Å²) in [5, 5.41) is 20.7. The Balaban J connectivity index is 1.39. The van der Waals surface area contributed by atoms with Crippen molar-refractivity contribution in [3.05, 3.63) is 41.4 Å². The van der Waals surface area contributed by atoms with Crippen molar-refractivity contribution in [1.82, 2.24) is 35.5 Å². The fourth-order valence-corrected chi connectivity index (χ4v) is 5.22. The van der Waals surface area contributed by atoms with Gasteiger partial charge in [-0.1, -0.05) is 12.1 Å². The summed E-state index contributed by atoms with van der Waals surface area (Å²) < 4.78 is 16.7. The van der Waals surface area contributed by atoms with Gasteiger partial charge in [0.05, 0.1) is 11.9 Å². The fraction of sp³-hybridized carbons (Fsp3) is 0.538. The first kappa shape index (κ1) is 25.0. The lowest BCUT2D eigenvalue weighted by Crippen LogP contribution is -2.50. The highest BCUT2D eigenvalue weighted by atomic mass is 19.1. The summed E-state index contributed by atoms with van der Waals surface area (Å²) in [6, 6.07) is 2.36. The van der Waals surface area contributed by atoms with Crippen molar-refractivity contribution >= 4 is 17.6 Å². The molecule has 3 aromatic rings. The lowest BCUT2D eigenvalue weighted by atomic mass is 9.88. The van der Waals surface area contributed by atoms with E-state index in [0.717, 1.165) is 37.1 Å². The van der Waals surface area contributed by atoms with Gasteiger partial charge < -0.3 is 10.6 Å². The van der Waals surface area contributed by atoms with Crippen molar-refractivity contribution in [2.45, 2.75) is 71.9 Å². The van der Waals surface area contributed by atoms with E-state index >= 15 is 4.39 Å². The van der Waals surface area contributed by atoms with Crippen LogP contribution in [-0.2, 0) is 11.2 Å². The van der Waals surface area contributed by atoms with Crippen LogP contribution in [0.2, 0.25) is 0 Å². The summed E-state index contributed by atoms with van der Waals surface area (Å²) in [5.74, 6) is -0.580. The molecule has 2 fully saturated rings. The molecule has 1 unspecified atom stereocenters. The highest BCUT2D eigenvalue weighted by molar-refractivity contribution is 6.00. The first-order valence-corrected chi connectivity index (χ1v) is 13.0. The Morgan fingerprint density at radius 2 is 1.89 bits per heavy atom. The zero-order valence-electron chi connectivity index (χ0n) is 21.6. The van der Waals surface area contributed by atoms with Gasteiger partial charge in [0.2, 0.25) is 11.9 Å². The lowest BCUT2D eigenvalue weighted by Gasteiger charge is -2.27. The van der Waals surface area contributed by atoms with Crippen LogP contribution in [0.15, 0.2) is 18.3 Å². The molecule has 3 heterocycles. The number of rotatable bonds is 10. The van der Waals surface area contributed by atoms with E-state index < -0.39 is 23.8 Å². The van der Waals surface area contributed by atoms with E-state index in [2.05, 4.69) is 36.1 Å². The molecule has 0 aliphatic heterocycles. The molecule has 37 heavy (non-hydrogen) atoms. The molecule has 0 aromatic carbocycles. The number of anilines is 1. The van der Waals surface area contributed by atoms with Crippen LogP contribution in [0.3, 0.4) is 0 Å². The van der Waals surface area contributed by atoms with E-state index in [1.165, 1.54) is 10.9 Å². The van der Waals surface area contributed by atoms with Crippen LogP contribution in [0.25, 0.3) is 11.1 Å². The SMILES string of the molecule is CCc1n[nH]c(C)c1-c1ccc(NC(=O)C(NC(=O)c2cnnn2C(C)C)C(C2CC2)C2CC2)nc1F. The number of halogens is 1. The highest BCUT2D eigenvalue weighted by Crippen LogP contribution is 2.51. The third-order valence-electron chi connectivity index (χ3n) is 7.31. The quantitative estimate of drug-likeness (QED) is 0.357. The third-order valence-corrected chi connectivity index (χ3v) is 7.31. The summed E-state index contributed by atoms with van der Waals surface area (Å²) in [5.41, 5.74) is 2.82. The molecule has 196 valence electrons. The van der Waals surface area contributed by atoms with E-state index in [1.54, 1.807) is 12.1 Å². The maximum atomic E-state index is 15.1. The number of carbonyl (C=O) groups excluding carboxylic acids is 2. The zero-order chi connectivity index (χ0) is 26.3. The molecular weight excluding hydrogens is 475 g/mol. The predicted molar refractivity (Wildman–Crippen MR) is 135 cm³/mol. The van der Waals surface area contributed by atoms with Gasteiger partial charge >= 0.3 is 0 Å². The van der Waals surface area contributed by atoms with Gasteiger partial charge in [-0.15, -0.1) is 5.10 Å². The van der Waals surface area contributed by atoms with Crippen LogP contribution in [0.1, 0.15) is 74.4 Å². The average Bonchev–Trinajstić information content (AvgIpc) is 3.79. The molecule has 2 aliphatic carbocycles. The standard InChI is InChI=1S/C26H33FN8O2/c1-5-18-21(14(4)32-33-18)17-10-11-20(29-24(17)27)30-26(37)23(22(15-6-7-15)16-8-9-16)31-25(36)19-12-28-34-35(19)13(2)3/h10-13,15-16,22-23H,5-9H2,1-4H3,(H,31,36)(H,32,33)(H,29,30,37). The fourth-order valence-electron chi connectivity index (χ4n) is 5.22. The Morgan fingerprint density at radius 3 is 2.49 bits per heavy atom. The number of hydrogen-bond acceptors (Lipinski definition) is 6. The van der Waals surface area contributed by atoms with Crippen LogP contribution in [0.5, 0.6) is 0 Å². The topological polar surface area (TPSA) is 130 Å². The third kappa shape index (κ3) is 5.12. The Morgan fingerprint density at radius 1 is 1.19 bits per heavy atom. The molecule has 0 bridgehead atoms. The summed E-state index contributed by atoms with van der Waals surface area (Å²) in [4.78, 5) is 30.9. The first-order valence-electron chi connectivity index (χ1n) is 13.0. The number of carbonyl (C=O) groups is 2. The number of pyridine rings is 1. The van der Waals surface area contributed by atoms with E-state index in [-0.39, 0.29) is 17.8 Å². The number of nitrogens with zero attached hydrogens (tertiary/aromatic N) is 5. The molecule has 2 saturated carbocycles. The predicted octanol–water partition coefficient (Wildman–Crippen LogP) is 3.83. The number of nitrogens with one attached hydrogen (secondary N) is 3. The van der Waals surface area contributed by atoms with Gasteiger partial charge in [0.15, 0.2) is 0 Å². The van der Waals surface area contributed by atoms with E-state index in [4.69, 9.17) is 0 Å². The smallest absolute Gasteiger partial charge is 0.271 e. The molecule has 0 spiro atoms. The zero-order valence-corrected chi connectivity index (χ0v) is 21.6. The minimum atomic E-state index is -0.768. The van der Waals surface area contributed by atoms with Gasteiger partial charge in [-0.25, -0.2) is 9.67 Å². The largest absolute Gasteiger partial charge is 0.339 e. The van der Waals surface area contributed by atoms with Crippen molar-refractivity contribution in [1.29, 1.82) is 0 Å². The second-order valence-corrected chi connectivity index (χ2v) is 10.4. The summed E-state index contributed by atoms with van der Waals surface area (Å²) in [6.07, 6.45) is 6.21. The minimum absolute atomic E-state index is 0.0251. The van der Waals surface area contributed by atoms with Crippen molar-refractivity contribution < 1.29 is 14.0 Å². The van der Waals surface area contributed by atoms with Crippen molar-refractivity contribution in [3.8, 4) is 11.1 Å². The summed E-state index contributed by atoms with van der Waals surface area (Å²) >= 11 is 0. The molecule has 5 rings (SSSR count). The molecule has 0 saturated heterocycles. The molecule has 11 heteroatoms. The highest BCUT2D eigenvalue weighted by Gasteiger charge is 2.48. The van der Waals surface area contributed by atoms with Gasteiger partial charge in [0, 0.05) is 22.9 Å². The maximum Gasteiger partial charge on any atom is 0.271 e. The van der Waals surface area contributed by atoms with Gasteiger partial charge in [-0.05, 0) is 82.8 Å². The lowest BCUT2D eigenvalue weighted by molar-refractivity contribution is -0.119.